The van der Waals surface area contributed by atoms with Crippen LogP contribution in [0.25, 0.3) is 5.69 Å². The number of hydrogen-bond acceptors (Lipinski definition) is 5. The summed E-state index contributed by atoms with van der Waals surface area (Å²) in [5.74, 6) is -0.394. The van der Waals surface area contributed by atoms with Gasteiger partial charge >= 0.3 is 12.0 Å². The second-order valence-electron chi connectivity index (χ2n) is 7.74. The molecule has 0 saturated heterocycles. The van der Waals surface area contributed by atoms with Crippen molar-refractivity contribution in [1.82, 2.24) is 25.3 Å². The zero-order chi connectivity index (χ0) is 22.5. The zero-order valence-electron chi connectivity index (χ0n) is 18.9. The summed E-state index contributed by atoms with van der Waals surface area (Å²) in [6, 6.07) is 9.36. The molecule has 0 fully saturated rings. The topological polar surface area (TPSA) is 88.5 Å². The lowest BCUT2D eigenvalue weighted by molar-refractivity contribution is -0.139. The van der Waals surface area contributed by atoms with Crippen molar-refractivity contribution in [2.75, 3.05) is 20.2 Å². The summed E-state index contributed by atoms with van der Waals surface area (Å²) < 4.78 is 7.20. The first-order chi connectivity index (χ1) is 14.8. The highest BCUT2D eigenvalue weighted by atomic mass is 16.5. The molecule has 0 radical (unpaired) electrons. The molecule has 0 spiro atoms. The van der Waals surface area contributed by atoms with Crippen molar-refractivity contribution in [2.45, 2.75) is 46.7 Å². The van der Waals surface area contributed by atoms with Crippen LogP contribution < -0.4 is 10.6 Å². The number of nitrogens with zero attached hydrogens (tertiary/aromatic N) is 3. The van der Waals surface area contributed by atoms with E-state index in [1.54, 1.807) is 6.92 Å². The second kappa shape index (κ2) is 9.78. The van der Waals surface area contributed by atoms with Gasteiger partial charge in [0.05, 0.1) is 29.6 Å². The number of esters is 1. The fourth-order valence-electron chi connectivity index (χ4n) is 3.91. The van der Waals surface area contributed by atoms with E-state index in [2.05, 4.69) is 22.5 Å². The van der Waals surface area contributed by atoms with Gasteiger partial charge in [-0.1, -0.05) is 25.1 Å². The van der Waals surface area contributed by atoms with Crippen molar-refractivity contribution in [2.24, 2.45) is 0 Å². The van der Waals surface area contributed by atoms with Gasteiger partial charge < -0.3 is 15.4 Å². The summed E-state index contributed by atoms with van der Waals surface area (Å²) in [5, 5.41) is 10.3. The summed E-state index contributed by atoms with van der Waals surface area (Å²) in [4.78, 5) is 26.8. The molecule has 166 valence electrons. The lowest BCUT2D eigenvalue weighted by Gasteiger charge is -2.30. The fourth-order valence-corrected chi connectivity index (χ4v) is 3.91. The highest BCUT2D eigenvalue weighted by Crippen LogP contribution is 2.21. The summed E-state index contributed by atoms with van der Waals surface area (Å²) in [7, 11) is 1.96. The predicted molar refractivity (Wildman–Crippen MR) is 119 cm³/mol. The Morgan fingerprint density at radius 2 is 1.90 bits per heavy atom. The van der Waals surface area contributed by atoms with Gasteiger partial charge in [-0.3, -0.25) is 4.90 Å². The first kappa shape index (κ1) is 22.6. The number of carbonyl (C=O) groups excluding carboxylic acids is 2. The molecule has 1 aliphatic heterocycles. The highest BCUT2D eigenvalue weighted by Gasteiger charge is 2.32. The Hall–Kier alpha value is -3.13. The minimum Gasteiger partial charge on any atom is -0.463 e. The minimum atomic E-state index is -0.394. The van der Waals surface area contributed by atoms with E-state index in [1.165, 1.54) is 0 Å². The van der Waals surface area contributed by atoms with Gasteiger partial charge in [0.2, 0.25) is 0 Å². The monoisotopic (exact) mass is 425 g/mol. The van der Waals surface area contributed by atoms with Gasteiger partial charge in [0.25, 0.3) is 0 Å². The predicted octanol–water partition coefficient (Wildman–Crippen LogP) is 2.83. The molecule has 8 heteroatoms. The third-order valence-electron chi connectivity index (χ3n) is 5.44. The molecular weight excluding hydrogens is 394 g/mol. The van der Waals surface area contributed by atoms with E-state index in [9.17, 15) is 9.59 Å². The number of hydrogen-bond donors (Lipinski definition) is 2. The van der Waals surface area contributed by atoms with Crippen molar-refractivity contribution in [3.8, 4) is 5.69 Å². The Morgan fingerprint density at radius 3 is 2.55 bits per heavy atom. The maximum atomic E-state index is 12.6. The Morgan fingerprint density at radius 1 is 1.19 bits per heavy atom. The number of carbonyl (C=O) groups is 2. The smallest absolute Gasteiger partial charge is 0.337 e. The van der Waals surface area contributed by atoms with Crippen LogP contribution in [-0.2, 0) is 16.1 Å². The van der Waals surface area contributed by atoms with Crippen LogP contribution >= 0.6 is 0 Å². The largest absolute Gasteiger partial charge is 0.463 e. The highest BCUT2D eigenvalue weighted by molar-refractivity contribution is 5.94. The number of benzene rings is 1. The molecule has 1 aromatic heterocycles. The van der Waals surface area contributed by atoms with Gasteiger partial charge in [-0.25, -0.2) is 14.3 Å². The lowest BCUT2D eigenvalue weighted by Crippen LogP contribution is -2.51. The van der Waals surface area contributed by atoms with Crippen LogP contribution in [0.4, 0.5) is 4.79 Å². The number of urea groups is 1. The van der Waals surface area contributed by atoms with E-state index in [4.69, 9.17) is 9.84 Å². The number of aryl methyl sites for hydroxylation is 1. The average Bonchev–Trinajstić information content (AvgIpc) is 3.02. The number of likely N-dealkylation sites (N-methyl/N-ethyl adjacent to an activating group) is 1. The van der Waals surface area contributed by atoms with Crippen LogP contribution in [0.1, 0.15) is 37.2 Å². The van der Waals surface area contributed by atoms with E-state index in [0.717, 1.165) is 22.6 Å². The first-order valence-corrected chi connectivity index (χ1v) is 10.6. The van der Waals surface area contributed by atoms with Gasteiger partial charge in [-0.05, 0) is 46.4 Å². The van der Waals surface area contributed by atoms with Crippen molar-refractivity contribution in [3.63, 3.8) is 0 Å². The van der Waals surface area contributed by atoms with Crippen LogP contribution in [0.15, 0.2) is 41.6 Å². The molecule has 2 N–H and O–H groups in total. The molecule has 1 atom stereocenters. The normalized spacial score (nSPS) is 16.3. The third kappa shape index (κ3) is 4.96. The SMILES string of the molecule is CCOC(=O)C1=C(CN(C)Cc2c(C)nn(-c3ccccc3)c2C)NC(=O)N[C@H]1CC. The first-order valence-electron chi connectivity index (χ1n) is 10.6. The van der Waals surface area contributed by atoms with Crippen LogP contribution in [0.5, 0.6) is 0 Å². The lowest BCUT2D eigenvalue weighted by atomic mass is 10.00. The molecule has 2 aromatic rings. The number of para-hydroxylation sites is 1. The Balaban J connectivity index is 1.85. The standard InChI is InChI=1S/C23H31N5O3/c1-6-19-21(22(29)31-7-2)20(25-23(30)24-19)14-27(5)13-18-15(3)26-28(16(18)4)17-11-9-8-10-12-17/h8-12,19H,6-7,13-14H2,1-5H3,(H2,24,25,30)/t19-/m0/s1. The quantitative estimate of drug-likeness (QED) is 0.635. The van der Waals surface area contributed by atoms with E-state index in [1.807, 2.05) is 55.9 Å². The maximum Gasteiger partial charge on any atom is 0.337 e. The second-order valence-corrected chi connectivity index (χ2v) is 7.74. The fraction of sp³-hybridized carbons (Fsp3) is 0.435. The van der Waals surface area contributed by atoms with E-state index >= 15 is 0 Å². The van der Waals surface area contributed by atoms with Gasteiger partial charge in [-0.2, -0.15) is 5.10 Å². The van der Waals surface area contributed by atoms with Crippen molar-refractivity contribution in [3.05, 3.63) is 58.6 Å². The van der Waals surface area contributed by atoms with E-state index < -0.39 is 5.97 Å². The third-order valence-corrected chi connectivity index (χ3v) is 5.44. The minimum absolute atomic E-state index is 0.285. The average molecular weight is 426 g/mol. The van der Waals surface area contributed by atoms with Gasteiger partial charge in [0.1, 0.15) is 0 Å². The molecule has 3 rings (SSSR count). The molecule has 0 unspecified atom stereocenters. The molecule has 8 nitrogen and oxygen atoms in total. The van der Waals surface area contributed by atoms with Gasteiger partial charge in [-0.15, -0.1) is 0 Å². The number of ether oxygens (including phenoxy) is 1. The molecule has 31 heavy (non-hydrogen) atoms. The number of rotatable bonds is 8. The zero-order valence-corrected chi connectivity index (χ0v) is 18.9. The van der Waals surface area contributed by atoms with Crippen molar-refractivity contribution >= 4 is 12.0 Å². The molecule has 0 bridgehead atoms. The van der Waals surface area contributed by atoms with E-state index in [-0.39, 0.29) is 18.7 Å². The van der Waals surface area contributed by atoms with Crippen LogP contribution in [0.2, 0.25) is 0 Å². The van der Waals surface area contributed by atoms with Crippen LogP contribution in [-0.4, -0.2) is 52.9 Å². The summed E-state index contributed by atoms with van der Waals surface area (Å²) in [6.45, 7) is 9.08. The molecule has 1 aliphatic rings. The molecule has 0 saturated carbocycles. The Labute approximate surface area is 183 Å². The molecule has 2 amide bonds. The Bertz CT molecular complexity index is 981. The van der Waals surface area contributed by atoms with Crippen molar-refractivity contribution < 1.29 is 14.3 Å². The summed E-state index contributed by atoms with van der Waals surface area (Å²) in [5.41, 5.74) is 5.23. The molecular formula is C23H31N5O3. The van der Waals surface area contributed by atoms with Gasteiger partial charge in [0, 0.05) is 30.0 Å². The Kier molecular flexibility index (Phi) is 7.12. The molecule has 0 aliphatic carbocycles. The van der Waals surface area contributed by atoms with Crippen LogP contribution in [0.3, 0.4) is 0 Å². The van der Waals surface area contributed by atoms with E-state index in [0.29, 0.717) is 30.8 Å². The van der Waals surface area contributed by atoms with Gasteiger partial charge in [0.15, 0.2) is 0 Å². The summed E-state index contributed by atoms with van der Waals surface area (Å²) >= 11 is 0. The maximum absolute atomic E-state index is 12.6. The number of aromatic nitrogens is 2. The number of nitrogens with one attached hydrogen (secondary N) is 2. The molecule has 2 heterocycles. The molecule has 1 aromatic carbocycles. The van der Waals surface area contributed by atoms with Crippen LogP contribution in [0, 0.1) is 13.8 Å². The number of amides is 2. The summed E-state index contributed by atoms with van der Waals surface area (Å²) in [6.07, 6.45) is 0.608. The van der Waals surface area contributed by atoms with Crippen molar-refractivity contribution in [1.29, 1.82) is 0 Å².